The van der Waals surface area contributed by atoms with E-state index in [1.165, 1.54) is 5.56 Å². The van der Waals surface area contributed by atoms with Crippen LogP contribution in [0.3, 0.4) is 0 Å². The Labute approximate surface area is 100 Å². The second kappa shape index (κ2) is 4.63. The minimum Gasteiger partial charge on any atom is -0.384 e. The van der Waals surface area contributed by atoms with E-state index in [4.69, 9.17) is 0 Å². The Balaban J connectivity index is 2.34. The van der Waals surface area contributed by atoms with Crippen LogP contribution in [-0.2, 0) is 11.0 Å². The first-order chi connectivity index (χ1) is 7.18. The normalized spacial score (nSPS) is 21.6. The number of hydrogen-bond acceptors (Lipinski definition) is 2. The van der Waals surface area contributed by atoms with Gasteiger partial charge in [0, 0.05) is 23.3 Å². The second-order valence-electron chi connectivity index (χ2n) is 3.54. The highest BCUT2D eigenvalue weighted by Gasteiger charge is 2.21. The van der Waals surface area contributed by atoms with Crippen LogP contribution in [0.1, 0.15) is 18.0 Å². The van der Waals surface area contributed by atoms with Crippen molar-refractivity contribution in [3.8, 4) is 0 Å². The Morgan fingerprint density at radius 3 is 3.13 bits per heavy atom. The first kappa shape index (κ1) is 11.1. The van der Waals surface area contributed by atoms with Gasteiger partial charge in [0.2, 0.25) is 0 Å². The zero-order valence-corrected chi connectivity index (χ0v) is 10.8. The van der Waals surface area contributed by atoms with E-state index < -0.39 is 11.0 Å². The standard InChI is InChI=1S/C10H13BrN2OS/c1-15(14)13-9-5-6-12-10-7(9)3-2-4-8(10)11/h2-4,9,12-13H,5-6H2,1H3/t9-,15-/m1/s1. The van der Waals surface area contributed by atoms with Crippen LogP contribution in [0.5, 0.6) is 0 Å². The van der Waals surface area contributed by atoms with Crippen molar-refractivity contribution in [1.29, 1.82) is 0 Å². The van der Waals surface area contributed by atoms with Crippen molar-refractivity contribution < 1.29 is 4.21 Å². The van der Waals surface area contributed by atoms with Crippen LogP contribution < -0.4 is 10.0 Å². The number of nitrogens with one attached hydrogen (secondary N) is 2. The van der Waals surface area contributed by atoms with E-state index >= 15 is 0 Å². The molecule has 2 rings (SSSR count). The summed E-state index contributed by atoms with van der Waals surface area (Å²) in [6.45, 7) is 0.907. The molecule has 1 heterocycles. The summed E-state index contributed by atoms with van der Waals surface area (Å²) in [5.74, 6) is 0. The minimum atomic E-state index is -0.970. The monoisotopic (exact) mass is 288 g/mol. The molecule has 0 amide bonds. The lowest BCUT2D eigenvalue weighted by Gasteiger charge is -2.27. The van der Waals surface area contributed by atoms with Crippen LogP contribution in [0.25, 0.3) is 0 Å². The number of rotatable bonds is 2. The summed E-state index contributed by atoms with van der Waals surface area (Å²) in [4.78, 5) is 0. The lowest BCUT2D eigenvalue weighted by molar-refractivity contribution is 0.592. The second-order valence-corrected chi connectivity index (χ2v) is 5.54. The van der Waals surface area contributed by atoms with Gasteiger partial charge in [0.05, 0.1) is 16.7 Å². The van der Waals surface area contributed by atoms with Crippen molar-refractivity contribution >= 4 is 32.6 Å². The molecule has 1 aromatic carbocycles. The van der Waals surface area contributed by atoms with Crippen LogP contribution in [0.2, 0.25) is 0 Å². The van der Waals surface area contributed by atoms with Gasteiger partial charge >= 0.3 is 0 Å². The molecule has 0 spiro atoms. The van der Waals surface area contributed by atoms with E-state index in [-0.39, 0.29) is 6.04 Å². The smallest absolute Gasteiger partial charge is 0.0889 e. The number of anilines is 1. The van der Waals surface area contributed by atoms with Crippen LogP contribution in [0.15, 0.2) is 22.7 Å². The van der Waals surface area contributed by atoms with Crippen molar-refractivity contribution in [1.82, 2.24) is 4.72 Å². The van der Waals surface area contributed by atoms with E-state index in [0.29, 0.717) is 0 Å². The van der Waals surface area contributed by atoms with Crippen molar-refractivity contribution in [3.05, 3.63) is 28.2 Å². The maximum absolute atomic E-state index is 11.2. The fraction of sp³-hybridized carbons (Fsp3) is 0.400. The number of para-hydroxylation sites is 1. The van der Waals surface area contributed by atoms with Gasteiger partial charge < -0.3 is 5.32 Å². The predicted octanol–water partition coefficient (Wildman–Crippen LogP) is 2.19. The van der Waals surface area contributed by atoms with Gasteiger partial charge in [-0.2, -0.15) is 0 Å². The molecule has 5 heteroatoms. The quantitative estimate of drug-likeness (QED) is 0.876. The molecule has 0 aliphatic carbocycles. The number of fused-ring (bicyclic) bond motifs is 1. The maximum atomic E-state index is 11.2. The average Bonchev–Trinajstić information content (AvgIpc) is 2.19. The summed E-state index contributed by atoms with van der Waals surface area (Å²) < 4.78 is 15.3. The van der Waals surface area contributed by atoms with Gasteiger partial charge in [-0.15, -0.1) is 0 Å². The largest absolute Gasteiger partial charge is 0.384 e. The number of benzene rings is 1. The Kier molecular flexibility index (Phi) is 3.43. The molecule has 0 aromatic heterocycles. The fourth-order valence-electron chi connectivity index (χ4n) is 1.84. The SMILES string of the molecule is C[S@@](=O)N[C@@H]1CCNc2c(Br)cccc21. The van der Waals surface area contributed by atoms with Crippen molar-refractivity contribution in [2.45, 2.75) is 12.5 Å². The fourth-order valence-corrected chi connectivity index (χ4v) is 3.00. The Hall–Kier alpha value is -0.390. The first-order valence-corrected chi connectivity index (χ1v) is 7.15. The van der Waals surface area contributed by atoms with E-state index in [2.05, 4.69) is 32.0 Å². The summed E-state index contributed by atoms with van der Waals surface area (Å²) in [7, 11) is -0.970. The van der Waals surface area contributed by atoms with Gasteiger partial charge in [0.15, 0.2) is 0 Å². The third-order valence-corrected chi connectivity index (χ3v) is 3.74. The van der Waals surface area contributed by atoms with E-state index in [0.717, 1.165) is 23.1 Å². The highest BCUT2D eigenvalue weighted by atomic mass is 79.9. The minimum absolute atomic E-state index is 0.185. The average molecular weight is 289 g/mol. The van der Waals surface area contributed by atoms with Gasteiger partial charge in [0.1, 0.15) is 0 Å². The van der Waals surface area contributed by atoms with E-state index in [1.54, 1.807) is 6.26 Å². The molecule has 2 N–H and O–H groups in total. The summed E-state index contributed by atoms with van der Waals surface area (Å²) in [5.41, 5.74) is 2.30. The van der Waals surface area contributed by atoms with Gasteiger partial charge in [-0.05, 0) is 34.0 Å². The molecular weight excluding hydrogens is 276 g/mol. The van der Waals surface area contributed by atoms with E-state index in [9.17, 15) is 4.21 Å². The summed E-state index contributed by atoms with van der Waals surface area (Å²) in [6.07, 6.45) is 2.63. The molecule has 1 aliphatic rings. The summed E-state index contributed by atoms with van der Waals surface area (Å²) in [6, 6.07) is 6.27. The number of hydrogen-bond donors (Lipinski definition) is 2. The van der Waals surface area contributed by atoms with Crippen LogP contribution in [0.4, 0.5) is 5.69 Å². The number of halogens is 1. The highest BCUT2D eigenvalue weighted by molar-refractivity contribution is 9.10. The molecule has 15 heavy (non-hydrogen) atoms. The molecule has 0 saturated heterocycles. The summed E-state index contributed by atoms with van der Waals surface area (Å²) in [5, 5.41) is 3.35. The molecule has 1 aromatic rings. The van der Waals surface area contributed by atoms with Gasteiger partial charge in [-0.3, -0.25) is 0 Å². The van der Waals surface area contributed by atoms with Crippen molar-refractivity contribution in [2.75, 3.05) is 18.1 Å². The van der Waals surface area contributed by atoms with Crippen LogP contribution in [0, 0.1) is 0 Å². The maximum Gasteiger partial charge on any atom is 0.0889 e. The molecule has 0 saturated carbocycles. The highest BCUT2D eigenvalue weighted by Crippen LogP contribution is 2.35. The van der Waals surface area contributed by atoms with Crippen LogP contribution in [-0.4, -0.2) is 17.0 Å². The first-order valence-electron chi connectivity index (χ1n) is 4.80. The predicted molar refractivity (Wildman–Crippen MR) is 67.2 cm³/mol. The molecule has 82 valence electrons. The molecular formula is C10H13BrN2OS. The Morgan fingerprint density at radius 1 is 1.60 bits per heavy atom. The van der Waals surface area contributed by atoms with Crippen molar-refractivity contribution in [2.24, 2.45) is 0 Å². The molecule has 0 unspecified atom stereocenters. The molecule has 0 bridgehead atoms. The van der Waals surface area contributed by atoms with Crippen LogP contribution >= 0.6 is 15.9 Å². The molecule has 1 aliphatic heterocycles. The van der Waals surface area contributed by atoms with Gasteiger partial charge in [0.25, 0.3) is 0 Å². The topological polar surface area (TPSA) is 41.1 Å². The zero-order valence-electron chi connectivity index (χ0n) is 8.42. The summed E-state index contributed by atoms with van der Waals surface area (Å²) >= 11 is 3.51. The molecule has 0 fully saturated rings. The van der Waals surface area contributed by atoms with Crippen molar-refractivity contribution in [3.63, 3.8) is 0 Å². The Bertz CT molecular complexity index is 397. The van der Waals surface area contributed by atoms with Gasteiger partial charge in [-0.25, -0.2) is 8.93 Å². The van der Waals surface area contributed by atoms with Gasteiger partial charge in [-0.1, -0.05) is 12.1 Å². The molecule has 0 radical (unpaired) electrons. The lowest BCUT2D eigenvalue weighted by Crippen LogP contribution is -2.29. The third-order valence-electron chi connectivity index (χ3n) is 2.46. The Morgan fingerprint density at radius 2 is 2.40 bits per heavy atom. The molecule has 2 atom stereocenters. The zero-order chi connectivity index (χ0) is 10.8. The molecule has 3 nitrogen and oxygen atoms in total. The van der Waals surface area contributed by atoms with E-state index in [1.807, 2.05) is 12.1 Å². The lowest BCUT2D eigenvalue weighted by atomic mass is 9.99. The third kappa shape index (κ3) is 2.41.